The molecular formula is C15H22N2O3S. The Kier molecular flexibility index (Phi) is 5.36. The number of nitrogens with one attached hydrogen (secondary N) is 1. The first-order chi connectivity index (χ1) is 9.98. The third-order valence-electron chi connectivity index (χ3n) is 3.86. The van der Waals surface area contributed by atoms with Crippen molar-refractivity contribution in [2.75, 3.05) is 37.7 Å². The molecule has 1 amide bonds. The van der Waals surface area contributed by atoms with Crippen LogP contribution in [0.1, 0.15) is 18.4 Å². The number of hydrogen-bond donors (Lipinski definition) is 1. The lowest BCUT2D eigenvalue weighted by Gasteiger charge is -2.26. The van der Waals surface area contributed by atoms with E-state index in [9.17, 15) is 13.2 Å². The van der Waals surface area contributed by atoms with E-state index >= 15 is 0 Å². The normalized spacial score (nSPS) is 19.9. The van der Waals surface area contributed by atoms with Gasteiger partial charge >= 0.3 is 0 Å². The topological polar surface area (TPSA) is 66.5 Å². The zero-order chi connectivity index (χ0) is 15.3. The Morgan fingerprint density at radius 3 is 2.48 bits per heavy atom. The molecule has 0 aromatic heterocycles. The summed E-state index contributed by atoms with van der Waals surface area (Å²) in [5, 5.41) is 2.92. The van der Waals surface area contributed by atoms with Gasteiger partial charge in [0, 0.05) is 26.2 Å². The number of hydrogen-bond acceptors (Lipinski definition) is 4. The van der Waals surface area contributed by atoms with E-state index in [2.05, 4.69) is 10.2 Å². The number of amides is 1. The van der Waals surface area contributed by atoms with E-state index in [1.165, 1.54) is 0 Å². The summed E-state index contributed by atoms with van der Waals surface area (Å²) in [6.45, 7) is 4.26. The van der Waals surface area contributed by atoms with Gasteiger partial charge in [0.2, 0.25) is 5.91 Å². The molecule has 0 aliphatic carbocycles. The third-order valence-corrected chi connectivity index (χ3v) is 5.47. The van der Waals surface area contributed by atoms with Gasteiger partial charge in [-0.05, 0) is 12.5 Å². The van der Waals surface area contributed by atoms with E-state index < -0.39 is 9.84 Å². The maximum atomic E-state index is 12.1. The number of carbonyl (C=O) groups is 1. The fourth-order valence-corrected chi connectivity index (χ4v) is 3.63. The smallest absolute Gasteiger partial charge is 0.227 e. The summed E-state index contributed by atoms with van der Waals surface area (Å²) in [5.41, 5.74) is 0.999. The fourth-order valence-electron chi connectivity index (χ4n) is 2.36. The van der Waals surface area contributed by atoms with Crippen LogP contribution in [0.5, 0.6) is 0 Å². The highest BCUT2D eigenvalue weighted by Crippen LogP contribution is 2.14. The summed E-state index contributed by atoms with van der Waals surface area (Å²) in [6.07, 6.45) is 0. The summed E-state index contributed by atoms with van der Waals surface area (Å²) in [7, 11) is -2.84. The van der Waals surface area contributed by atoms with Gasteiger partial charge in [-0.1, -0.05) is 30.3 Å². The number of carbonyl (C=O) groups excluding carboxylic acids is 1. The molecule has 0 spiro atoms. The molecule has 1 heterocycles. The van der Waals surface area contributed by atoms with Gasteiger partial charge in [0.15, 0.2) is 9.84 Å². The average Bonchev–Trinajstić information content (AvgIpc) is 2.49. The molecule has 1 aromatic carbocycles. The Morgan fingerprint density at radius 1 is 1.24 bits per heavy atom. The van der Waals surface area contributed by atoms with Crippen molar-refractivity contribution in [3.63, 3.8) is 0 Å². The molecule has 1 aliphatic rings. The number of rotatable bonds is 5. The van der Waals surface area contributed by atoms with E-state index in [4.69, 9.17) is 0 Å². The zero-order valence-electron chi connectivity index (χ0n) is 12.3. The van der Waals surface area contributed by atoms with Crippen molar-refractivity contribution >= 4 is 15.7 Å². The summed E-state index contributed by atoms with van der Waals surface area (Å²) < 4.78 is 22.7. The minimum absolute atomic E-state index is 0.00540. The molecule has 0 bridgehead atoms. The van der Waals surface area contributed by atoms with E-state index in [-0.39, 0.29) is 23.3 Å². The van der Waals surface area contributed by atoms with Gasteiger partial charge in [-0.25, -0.2) is 8.42 Å². The van der Waals surface area contributed by atoms with Gasteiger partial charge in [0.05, 0.1) is 17.4 Å². The highest BCUT2D eigenvalue weighted by Gasteiger charge is 2.21. The van der Waals surface area contributed by atoms with Crippen LogP contribution in [0.3, 0.4) is 0 Å². The first-order valence-electron chi connectivity index (χ1n) is 7.23. The summed E-state index contributed by atoms with van der Waals surface area (Å²) in [6, 6.07) is 9.67. The number of sulfone groups is 1. The second kappa shape index (κ2) is 7.04. The molecule has 0 saturated carbocycles. The molecule has 5 nitrogen and oxygen atoms in total. The standard InChI is InChI=1S/C15H22N2O3S/c1-13(14-5-3-2-4-6-14)15(18)16-7-8-17-9-11-21(19,20)12-10-17/h2-6,13H,7-12H2,1H3,(H,16,18)/t13-/m1/s1. The SMILES string of the molecule is C[C@@H](C(=O)NCCN1CCS(=O)(=O)CC1)c1ccccc1. The second-order valence-electron chi connectivity index (χ2n) is 5.42. The molecule has 0 unspecified atom stereocenters. The second-order valence-corrected chi connectivity index (χ2v) is 7.72. The maximum Gasteiger partial charge on any atom is 0.227 e. The molecule has 1 fully saturated rings. The summed E-state index contributed by atoms with van der Waals surface area (Å²) >= 11 is 0. The van der Waals surface area contributed by atoms with Crippen LogP contribution in [0.25, 0.3) is 0 Å². The van der Waals surface area contributed by atoms with Crippen molar-refractivity contribution < 1.29 is 13.2 Å². The highest BCUT2D eigenvalue weighted by molar-refractivity contribution is 7.91. The molecule has 1 aliphatic heterocycles. The van der Waals surface area contributed by atoms with Crippen LogP contribution in [-0.2, 0) is 14.6 Å². The summed E-state index contributed by atoms with van der Waals surface area (Å²) in [4.78, 5) is 14.1. The first kappa shape index (κ1) is 16.0. The van der Waals surface area contributed by atoms with Crippen LogP contribution in [-0.4, -0.2) is 56.9 Å². The van der Waals surface area contributed by atoms with Crippen LogP contribution in [0.2, 0.25) is 0 Å². The van der Waals surface area contributed by atoms with Gasteiger partial charge in [0.25, 0.3) is 0 Å². The van der Waals surface area contributed by atoms with E-state index in [1.807, 2.05) is 37.3 Å². The molecule has 21 heavy (non-hydrogen) atoms. The van der Waals surface area contributed by atoms with Gasteiger partial charge in [-0.15, -0.1) is 0 Å². The Labute approximate surface area is 126 Å². The fraction of sp³-hybridized carbons (Fsp3) is 0.533. The summed E-state index contributed by atoms with van der Waals surface area (Å²) in [5.74, 6) is 0.279. The predicted octanol–water partition coefficient (Wildman–Crippen LogP) is 0.637. The quantitative estimate of drug-likeness (QED) is 0.866. The molecule has 6 heteroatoms. The van der Waals surface area contributed by atoms with E-state index in [0.717, 1.165) is 5.56 Å². The lowest BCUT2D eigenvalue weighted by Crippen LogP contribution is -2.44. The molecule has 1 aromatic rings. The van der Waals surface area contributed by atoms with E-state index in [1.54, 1.807) is 0 Å². The largest absolute Gasteiger partial charge is 0.354 e. The lowest BCUT2D eigenvalue weighted by atomic mass is 10.0. The Hall–Kier alpha value is -1.40. The molecule has 116 valence electrons. The van der Waals surface area contributed by atoms with Gasteiger partial charge in [-0.2, -0.15) is 0 Å². The zero-order valence-corrected chi connectivity index (χ0v) is 13.1. The van der Waals surface area contributed by atoms with E-state index in [0.29, 0.717) is 26.2 Å². The molecule has 1 saturated heterocycles. The van der Waals surface area contributed by atoms with Gasteiger partial charge in [-0.3, -0.25) is 9.69 Å². The monoisotopic (exact) mass is 310 g/mol. The van der Waals surface area contributed by atoms with Crippen LogP contribution < -0.4 is 5.32 Å². The van der Waals surface area contributed by atoms with Gasteiger partial charge in [0.1, 0.15) is 0 Å². The van der Waals surface area contributed by atoms with Crippen LogP contribution >= 0.6 is 0 Å². The maximum absolute atomic E-state index is 12.1. The number of benzene rings is 1. The van der Waals surface area contributed by atoms with Crippen molar-refractivity contribution in [2.45, 2.75) is 12.8 Å². The number of nitrogens with zero attached hydrogens (tertiary/aromatic N) is 1. The molecular weight excluding hydrogens is 288 g/mol. The molecule has 1 atom stereocenters. The Balaban J connectivity index is 1.72. The molecule has 1 N–H and O–H groups in total. The predicted molar refractivity (Wildman–Crippen MR) is 83.0 cm³/mol. The minimum Gasteiger partial charge on any atom is -0.354 e. The average molecular weight is 310 g/mol. The van der Waals surface area contributed by atoms with Crippen molar-refractivity contribution in [2.24, 2.45) is 0 Å². The van der Waals surface area contributed by atoms with Crippen LogP contribution in [0.4, 0.5) is 0 Å². The highest BCUT2D eigenvalue weighted by atomic mass is 32.2. The van der Waals surface area contributed by atoms with Crippen molar-refractivity contribution in [3.8, 4) is 0 Å². The molecule has 2 rings (SSSR count). The Bertz CT molecular complexity index is 558. The van der Waals surface area contributed by atoms with Gasteiger partial charge < -0.3 is 5.32 Å². The van der Waals surface area contributed by atoms with Crippen LogP contribution in [0.15, 0.2) is 30.3 Å². The van der Waals surface area contributed by atoms with Crippen molar-refractivity contribution in [1.82, 2.24) is 10.2 Å². The molecule has 0 radical (unpaired) electrons. The third kappa shape index (κ3) is 4.82. The van der Waals surface area contributed by atoms with Crippen molar-refractivity contribution in [3.05, 3.63) is 35.9 Å². The minimum atomic E-state index is -2.84. The Morgan fingerprint density at radius 2 is 1.86 bits per heavy atom. The van der Waals surface area contributed by atoms with Crippen LogP contribution in [0, 0.1) is 0 Å². The first-order valence-corrected chi connectivity index (χ1v) is 9.05. The van der Waals surface area contributed by atoms with Crippen molar-refractivity contribution in [1.29, 1.82) is 0 Å². The lowest BCUT2D eigenvalue weighted by molar-refractivity contribution is -0.122.